The molecule has 3 heterocycles. The summed E-state index contributed by atoms with van der Waals surface area (Å²) in [4.78, 5) is 40.5. The van der Waals surface area contributed by atoms with Crippen molar-refractivity contribution in [2.75, 3.05) is 26.7 Å². The number of aromatic nitrogens is 3. The SMILES string of the molecule is CO.COc1ncc(Cl)cc1[N+](=O)[O-].CS.CSc1ncc(Cl)cc1[N+](=O)[O-].O=[N+]([O-])c1cc(Cl)cnc1Br. The number of rotatable bonds is 5. The van der Waals surface area contributed by atoms with E-state index in [4.69, 9.17) is 39.9 Å². The maximum atomic E-state index is 10.4. The van der Waals surface area contributed by atoms with E-state index >= 15 is 0 Å². The number of methoxy groups -OCH3 is 1. The number of pyridine rings is 3. The average molecular weight is 711 g/mol. The molecule has 0 unspecified atom stereocenters. The van der Waals surface area contributed by atoms with Gasteiger partial charge in [-0.15, -0.1) is 11.8 Å². The van der Waals surface area contributed by atoms with Gasteiger partial charge in [0, 0.05) is 37.7 Å². The van der Waals surface area contributed by atoms with Crippen molar-refractivity contribution in [3.8, 4) is 5.88 Å². The lowest BCUT2D eigenvalue weighted by Crippen LogP contribution is -1.95. The lowest BCUT2D eigenvalue weighted by atomic mass is 10.4. The molecule has 14 nitrogen and oxygen atoms in total. The Bertz CT molecular complexity index is 1190. The lowest BCUT2D eigenvalue weighted by molar-refractivity contribution is -0.388. The van der Waals surface area contributed by atoms with Gasteiger partial charge in [0.1, 0.15) is 0 Å². The molecule has 39 heavy (non-hydrogen) atoms. The second kappa shape index (κ2) is 21.3. The van der Waals surface area contributed by atoms with Crippen molar-refractivity contribution in [1.29, 1.82) is 0 Å². The minimum Gasteiger partial charge on any atom is -0.476 e. The first-order valence-electron chi connectivity index (χ1n) is 9.43. The molecule has 0 saturated carbocycles. The minimum absolute atomic E-state index is 0.0376. The van der Waals surface area contributed by atoms with E-state index in [0.717, 1.165) is 7.11 Å². The zero-order valence-electron chi connectivity index (χ0n) is 20.3. The molecule has 0 spiro atoms. The van der Waals surface area contributed by atoms with Gasteiger partial charge in [-0.05, 0) is 28.4 Å². The molecule has 0 radical (unpaired) electrons. The van der Waals surface area contributed by atoms with Crippen LogP contribution in [0.1, 0.15) is 0 Å². The van der Waals surface area contributed by atoms with Crippen molar-refractivity contribution in [3.63, 3.8) is 0 Å². The number of ether oxygens (including phenoxy) is 1. The van der Waals surface area contributed by atoms with Crippen molar-refractivity contribution in [2.45, 2.75) is 5.03 Å². The van der Waals surface area contributed by atoms with Crippen molar-refractivity contribution in [3.05, 3.63) is 86.8 Å². The number of nitrogens with zero attached hydrogens (tertiary/aromatic N) is 6. The molecule has 0 amide bonds. The first-order chi connectivity index (χ1) is 18.4. The Morgan fingerprint density at radius 3 is 1.59 bits per heavy atom. The Kier molecular flexibility index (Phi) is 21.1. The summed E-state index contributed by atoms with van der Waals surface area (Å²) in [6.07, 6.45) is 7.43. The van der Waals surface area contributed by atoms with Crippen LogP contribution in [-0.4, -0.2) is 61.6 Å². The van der Waals surface area contributed by atoms with Gasteiger partial charge in [0.25, 0.3) is 5.88 Å². The first kappa shape index (κ1) is 38.6. The van der Waals surface area contributed by atoms with Gasteiger partial charge in [-0.2, -0.15) is 12.6 Å². The third kappa shape index (κ3) is 14.4. The second-order valence-electron chi connectivity index (χ2n) is 5.60. The molecule has 0 bridgehead atoms. The molecule has 0 aromatic carbocycles. The van der Waals surface area contributed by atoms with Crippen LogP contribution in [0.15, 0.2) is 46.4 Å². The van der Waals surface area contributed by atoms with Gasteiger partial charge >= 0.3 is 17.1 Å². The maximum absolute atomic E-state index is 10.4. The van der Waals surface area contributed by atoms with Crippen LogP contribution in [0.3, 0.4) is 0 Å². The van der Waals surface area contributed by atoms with Crippen LogP contribution in [0.2, 0.25) is 15.1 Å². The fourth-order valence-corrected chi connectivity index (χ4v) is 3.27. The maximum Gasteiger partial charge on any atom is 0.332 e. The molecule has 3 aromatic heterocycles. The highest BCUT2D eigenvalue weighted by Gasteiger charge is 2.16. The van der Waals surface area contributed by atoms with E-state index in [0.29, 0.717) is 5.03 Å². The zero-order chi connectivity index (χ0) is 30.7. The number of hydrogen-bond acceptors (Lipinski definition) is 13. The molecule has 0 aliphatic heterocycles. The highest BCUT2D eigenvalue weighted by atomic mass is 79.9. The van der Waals surface area contributed by atoms with Crippen molar-refractivity contribution >= 4 is 92.2 Å². The van der Waals surface area contributed by atoms with Crippen LogP contribution >= 0.6 is 75.1 Å². The Morgan fingerprint density at radius 2 is 1.21 bits per heavy atom. The van der Waals surface area contributed by atoms with E-state index in [2.05, 4.69) is 48.2 Å². The van der Waals surface area contributed by atoms with Crippen molar-refractivity contribution in [2.24, 2.45) is 0 Å². The highest BCUT2D eigenvalue weighted by molar-refractivity contribution is 9.10. The first-order valence-corrected chi connectivity index (χ1v) is 13.5. The summed E-state index contributed by atoms with van der Waals surface area (Å²) in [7, 11) is 2.31. The normalized spacial score (nSPS) is 8.97. The molecule has 20 heteroatoms. The average Bonchev–Trinajstić information content (AvgIpc) is 2.92. The van der Waals surface area contributed by atoms with E-state index in [1.165, 1.54) is 55.7 Å². The predicted octanol–water partition coefficient (Wildman–Crippen LogP) is 6.58. The third-order valence-corrected chi connectivity index (χ3v) is 5.29. The van der Waals surface area contributed by atoms with Gasteiger partial charge in [0.15, 0.2) is 9.63 Å². The second-order valence-corrected chi connectivity index (χ2v) is 8.45. The third-order valence-electron chi connectivity index (χ3n) is 3.36. The standard InChI is InChI=1S/C6H5ClN2O3.C6H5ClN2O2S.C5H2BrClN2O2.CH4O.CH4S/c2*1-12-6-5(9(10)11)2-4(7)3-8-6;6-5-4(9(10)11)1-3(7)2-8-5;2*1-2/h2*2-3H,1H3;1-2H;2*2H,1H3. The van der Waals surface area contributed by atoms with Crippen molar-refractivity contribution < 1.29 is 24.6 Å². The molecule has 0 aliphatic rings. The van der Waals surface area contributed by atoms with Gasteiger partial charge in [0.05, 0.1) is 43.1 Å². The molecular weight excluding hydrogens is 691 g/mol. The Hall–Kier alpha value is -2.54. The minimum atomic E-state index is -0.599. The molecule has 3 rings (SSSR count). The van der Waals surface area contributed by atoms with Crippen LogP contribution < -0.4 is 4.74 Å². The summed E-state index contributed by atoms with van der Waals surface area (Å²) in [5.41, 5.74) is -0.405. The van der Waals surface area contributed by atoms with Crippen molar-refractivity contribution in [1.82, 2.24) is 15.0 Å². The highest BCUT2D eigenvalue weighted by Crippen LogP contribution is 2.28. The molecule has 1 N–H and O–H groups in total. The summed E-state index contributed by atoms with van der Waals surface area (Å²) >= 11 is 24.2. The van der Waals surface area contributed by atoms with Crippen LogP contribution in [0, 0.1) is 30.3 Å². The summed E-state index contributed by atoms with van der Waals surface area (Å²) in [5, 5.41) is 39.2. The fraction of sp³-hybridized carbons (Fsp3) is 0.211. The smallest absolute Gasteiger partial charge is 0.332 e. The Labute approximate surface area is 255 Å². The number of halogens is 4. The molecule has 0 fully saturated rings. The van der Waals surface area contributed by atoms with Crippen LogP contribution in [0.25, 0.3) is 0 Å². The van der Waals surface area contributed by atoms with Crippen LogP contribution in [-0.2, 0) is 0 Å². The number of aliphatic hydroxyl groups excluding tert-OH is 1. The lowest BCUT2D eigenvalue weighted by Gasteiger charge is -1.98. The number of thiol groups is 1. The Morgan fingerprint density at radius 1 is 0.821 bits per heavy atom. The van der Waals surface area contributed by atoms with Gasteiger partial charge < -0.3 is 9.84 Å². The molecule has 0 atom stereocenters. The molecule has 0 aliphatic carbocycles. The number of hydrogen-bond donors (Lipinski definition) is 2. The predicted molar refractivity (Wildman–Crippen MR) is 157 cm³/mol. The monoisotopic (exact) mass is 708 g/mol. The van der Waals surface area contributed by atoms with Gasteiger partial charge in [-0.25, -0.2) is 15.0 Å². The van der Waals surface area contributed by atoms with E-state index in [1.54, 1.807) is 12.5 Å². The molecule has 3 aromatic rings. The summed E-state index contributed by atoms with van der Waals surface area (Å²) in [6, 6.07) is 3.71. The zero-order valence-corrected chi connectivity index (χ0v) is 25.9. The van der Waals surface area contributed by atoms with E-state index < -0.39 is 14.8 Å². The molecular formula is C19H20BrCl3N6O8S2. The van der Waals surface area contributed by atoms with E-state index in [9.17, 15) is 30.3 Å². The summed E-state index contributed by atoms with van der Waals surface area (Å²) in [6.45, 7) is 0. The fourth-order valence-electron chi connectivity index (χ4n) is 1.95. The Balaban J connectivity index is 0. The van der Waals surface area contributed by atoms with E-state index in [-0.39, 0.29) is 42.6 Å². The van der Waals surface area contributed by atoms with Gasteiger partial charge in [0.2, 0.25) is 0 Å². The number of aliphatic hydroxyl groups is 1. The quantitative estimate of drug-likeness (QED) is 0.0950. The van der Waals surface area contributed by atoms with Crippen LogP contribution in [0.5, 0.6) is 5.88 Å². The summed E-state index contributed by atoms with van der Waals surface area (Å²) < 4.78 is 4.84. The topological polar surface area (TPSA) is 198 Å². The van der Waals surface area contributed by atoms with Gasteiger partial charge in [-0.3, -0.25) is 30.3 Å². The van der Waals surface area contributed by atoms with E-state index in [1.807, 2.05) is 0 Å². The number of nitro groups is 3. The van der Waals surface area contributed by atoms with Crippen LogP contribution in [0.4, 0.5) is 17.1 Å². The van der Waals surface area contributed by atoms with Gasteiger partial charge in [-0.1, -0.05) is 34.8 Å². The largest absolute Gasteiger partial charge is 0.476 e. The molecule has 0 saturated heterocycles. The number of thioether (sulfide) groups is 1. The summed E-state index contributed by atoms with van der Waals surface area (Å²) in [5.74, 6) is -0.0376. The molecule has 214 valence electrons.